The molecule has 0 aliphatic carbocycles. The van der Waals surface area contributed by atoms with Gasteiger partial charge in [0.05, 0.1) is 24.7 Å². The van der Waals surface area contributed by atoms with Crippen molar-refractivity contribution in [2.75, 3.05) is 21.3 Å². The molecule has 21 heavy (non-hydrogen) atoms. The number of benzene rings is 1. The summed E-state index contributed by atoms with van der Waals surface area (Å²) >= 11 is 3.48. The Balaban J connectivity index is 2.58. The number of aryl methyl sites for hydroxylation is 2. The number of methoxy groups -OCH3 is 2. The van der Waals surface area contributed by atoms with Crippen molar-refractivity contribution in [2.45, 2.75) is 19.9 Å². The van der Waals surface area contributed by atoms with Gasteiger partial charge in [0.1, 0.15) is 23.0 Å². The largest absolute Gasteiger partial charge is 0.496 e. The van der Waals surface area contributed by atoms with E-state index in [-0.39, 0.29) is 6.04 Å². The number of nitrogens with one attached hydrogen (secondary N) is 1. The maximum atomic E-state index is 5.65. The van der Waals surface area contributed by atoms with Crippen molar-refractivity contribution < 1.29 is 13.9 Å². The van der Waals surface area contributed by atoms with Crippen LogP contribution in [-0.2, 0) is 0 Å². The molecule has 1 N–H and O–H groups in total. The maximum absolute atomic E-state index is 5.65. The van der Waals surface area contributed by atoms with E-state index in [0.717, 1.165) is 38.6 Å². The third-order valence-corrected chi connectivity index (χ3v) is 4.11. The molecule has 0 spiro atoms. The van der Waals surface area contributed by atoms with E-state index in [9.17, 15) is 0 Å². The van der Waals surface area contributed by atoms with Gasteiger partial charge in [-0.05, 0) is 55.0 Å². The highest BCUT2D eigenvalue weighted by atomic mass is 79.9. The van der Waals surface area contributed by atoms with Gasteiger partial charge < -0.3 is 19.2 Å². The Hall–Kier alpha value is -1.46. The van der Waals surface area contributed by atoms with Crippen LogP contribution < -0.4 is 14.8 Å². The van der Waals surface area contributed by atoms with Crippen molar-refractivity contribution in [2.24, 2.45) is 0 Å². The summed E-state index contributed by atoms with van der Waals surface area (Å²) in [7, 11) is 5.23. The Bertz CT molecular complexity index is 637. The van der Waals surface area contributed by atoms with Crippen LogP contribution in [0.1, 0.15) is 28.7 Å². The van der Waals surface area contributed by atoms with E-state index < -0.39 is 0 Å². The molecule has 0 saturated heterocycles. The second-order valence-corrected chi connectivity index (χ2v) is 5.67. The molecular weight excluding hydrogens is 334 g/mol. The van der Waals surface area contributed by atoms with Crippen molar-refractivity contribution in [3.05, 3.63) is 45.3 Å². The van der Waals surface area contributed by atoms with E-state index in [1.807, 2.05) is 39.1 Å². The lowest BCUT2D eigenvalue weighted by atomic mass is 9.98. The molecule has 0 bridgehead atoms. The van der Waals surface area contributed by atoms with Gasteiger partial charge in [-0.25, -0.2) is 0 Å². The van der Waals surface area contributed by atoms with Gasteiger partial charge in [-0.1, -0.05) is 0 Å². The molecule has 114 valence electrons. The average Bonchev–Trinajstić information content (AvgIpc) is 2.79. The summed E-state index contributed by atoms with van der Waals surface area (Å²) in [5.74, 6) is 3.35. The van der Waals surface area contributed by atoms with Gasteiger partial charge in [0.15, 0.2) is 0 Å². The zero-order valence-corrected chi connectivity index (χ0v) is 14.5. The van der Waals surface area contributed by atoms with Crippen LogP contribution in [0.5, 0.6) is 11.5 Å². The normalized spacial score (nSPS) is 12.3. The summed E-state index contributed by atoms with van der Waals surface area (Å²) in [6.07, 6.45) is 0. The minimum Gasteiger partial charge on any atom is -0.496 e. The van der Waals surface area contributed by atoms with E-state index in [1.54, 1.807) is 14.2 Å². The topological polar surface area (TPSA) is 43.6 Å². The van der Waals surface area contributed by atoms with Crippen molar-refractivity contribution >= 4 is 15.9 Å². The van der Waals surface area contributed by atoms with E-state index in [1.165, 1.54) is 0 Å². The maximum Gasteiger partial charge on any atom is 0.133 e. The summed E-state index contributed by atoms with van der Waals surface area (Å²) in [5.41, 5.74) is 2.10. The van der Waals surface area contributed by atoms with Gasteiger partial charge in [-0.2, -0.15) is 0 Å². The van der Waals surface area contributed by atoms with Crippen LogP contribution >= 0.6 is 15.9 Å². The standard InChI is InChI=1S/C16H20BrNO3/c1-9-6-11(10(2)21-9)16(18-3)12-7-15(20-5)13(17)8-14(12)19-4/h6-8,16,18H,1-5H3. The van der Waals surface area contributed by atoms with Crippen LogP contribution in [0.2, 0.25) is 0 Å². The molecule has 1 aromatic heterocycles. The molecule has 0 fully saturated rings. The lowest BCUT2D eigenvalue weighted by molar-refractivity contribution is 0.392. The minimum atomic E-state index is -0.0283. The van der Waals surface area contributed by atoms with Crippen LogP contribution in [0.3, 0.4) is 0 Å². The van der Waals surface area contributed by atoms with Crippen molar-refractivity contribution in [3.8, 4) is 11.5 Å². The lowest BCUT2D eigenvalue weighted by Gasteiger charge is -2.20. The van der Waals surface area contributed by atoms with Crippen LogP contribution in [0.15, 0.2) is 27.1 Å². The molecule has 1 heterocycles. The first kappa shape index (κ1) is 15.9. The van der Waals surface area contributed by atoms with Crippen molar-refractivity contribution in [3.63, 3.8) is 0 Å². The fourth-order valence-corrected chi connectivity index (χ4v) is 3.01. The highest BCUT2D eigenvalue weighted by Crippen LogP contribution is 2.39. The Labute approximate surface area is 133 Å². The summed E-state index contributed by atoms with van der Waals surface area (Å²) in [6.45, 7) is 3.91. The summed E-state index contributed by atoms with van der Waals surface area (Å²) in [5, 5.41) is 3.32. The highest BCUT2D eigenvalue weighted by Gasteiger charge is 2.22. The number of rotatable bonds is 5. The molecule has 1 atom stereocenters. The van der Waals surface area contributed by atoms with Crippen LogP contribution in [0.25, 0.3) is 0 Å². The SMILES string of the molecule is CNC(c1cc(OC)c(Br)cc1OC)c1cc(C)oc1C. The number of ether oxygens (including phenoxy) is 2. The molecule has 1 unspecified atom stereocenters. The number of hydrogen-bond donors (Lipinski definition) is 1. The third kappa shape index (κ3) is 3.09. The fraction of sp³-hybridized carbons (Fsp3) is 0.375. The van der Waals surface area contributed by atoms with E-state index in [2.05, 4.69) is 21.2 Å². The van der Waals surface area contributed by atoms with E-state index in [0.29, 0.717) is 0 Å². The third-order valence-electron chi connectivity index (χ3n) is 3.49. The summed E-state index contributed by atoms with van der Waals surface area (Å²) < 4.78 is 17.4. The molecule has 2 rings (SSSR count). The van der Waals surface area contributed by atoms with Gasteiger partial charge in [0, 0.05) is 11.1 Å². The van der Waals surface area contributed by atoms with E-state index >= 15 is 0 Å². The van der Waals surface area contributed by atoms with Crippen LogP contribution in [0.4, 0.5) is 0 Å². The van der Waals surface area contributed by atoms with Crippen molar-refractivity contribution in [1.29, 1.82) is 0 Å². The Morgan fingerprint density at radius 3 is 2.19 bits per heavy atom. The number of hydrogen-bond acceptors (Lipinski definition) is 4. The van der Waals surface area contributed by atoms with Crippen LogP contribution in [0, 0.1) is 13.8 Å². The van der Waals surface area contributed by atoms with Gasteiger partial charge in [-0.15, -0.1) is 0 Å². The second kappa shape index (κ2) is 6.54. The molecule has 1 aromatic carbocycles. The zero-order chi connectivity index (χ0) is 15.6. The molecule has 5 heteroatoms. The predicted molar refractivity (Wildman–Crippen MR) is 86.3 cm³/mol. The lowest BCUT2D eigenvalue weighted by Crippen LogP contribution is -2.19. The number of furan rings is 1. The van der Waals surface area contributed by atoms with Gasteiger partial charge in [-0.3, -0.25) is 0 Å². The second-order valence-electron chi connectivity index (χ2n) is 4.82. The van der Waals surface area contributed by atoms with E-state index in [4.69, 9.17) is 13.9 Å². The molecule has 0 saturated carbocycles. The first-order valence-corrected chi connectivity index (χ1v) is 7.46. The fourth-order valence-electron chi connectivity index (χ4n) is 2.53. The quantitative estimate of drug-likeness (QED) is 0.882. The summed E-state index contributed by atoms with van der Waals surface area (Å²) in [4.78, 5) is 0. The molecule has 0 aliphatic heterocycles. The molecule has 0 aliphatic rings. The number of halogens is 1. The van der Waals surface area contributed by atoms with Gasteiger partial charge in [0.2, 0.25) is 0 Å². The van der Waals surface area contributed by atoms with Gasteiger partial charge in [0.25, 0.3) is 0 Å². The predicted octanol–water partition coefficient (Wildman–Crippen LogP) is 3.98. The Morgan fingerprint density at radius 2 is 1.71 bits per heavy atom. The molecule has 0 amide bonds. The first-order valence-electron chi connectivity index (χ1n) is 6.67. The molecular formula is C16H20BrNO3. The zero-order valence-electron chi connectivity index (χ0n) is 12.9. The highest BCUT2D eigenvalue weighted by molar-refractivity contribution is 9.10. The smallest absolute Gasteiger partial charge is 0.133 e. The first-order chi connectivity index (χ1) is 10.0. The molecule has 0 radical (unpaired) electrons. The molecule has 2 aromatic rings. The molecule has 4 nitrogen and oxygen atoms in total. The summed E-state index contributed by atoms with van der Waals surface area (Å²) in [6, 6.07) is 5.91. The Morgan fingerprint density at radius 1 is 1.05 bits per heavy atom. The minimum absolute atomic E-state index is 0.0283. The monoisotopic (exact) mass is 353 g/mol. The van der Waals surface area contributed by atoms with Crippen LogP contribution in [-0.4, -0.2) is 21.3 Å². The Kier molecular flexibility index (Phi) is 4.96. The average molecular weight is 354 g/mol. The van der Waals surface area contributed by atoms with Crippen molar-refractivity contribution in [1.82, 2.24) is 5.32 Å². The van der Waals surface area contributed by atoms with Gasteiger partial charge >= 0.3 is 0 Å².